The Bertz CT molecular complexity index is 55.5. The van der Waals surface area contributed by atoms with Crippen LogP contribution in [0.5, 0.6) is 0 Å². The van der Waals surface area contributed by atoms with Gasteiger partial charge in [-0.2, -0.15) is 0 Å². The van der Waals surface area contributed by atoms with Crippen LogP contribution in [0.15, 0.2) is 0 Å². The van der Waals surface area contributed by atoms with Gasteiger partial charge in [0.2, 0.25) is 0 Å². The molecule has 0 saturated heterocycles. The molecule has 4 heteroatoms. The van der Waals surface area contributed by atoms with E-state index < -0.39 is 23.8 Å². The maximum absolute atomic E-state index is 9.79. The summed E-state index contributed by atoms with van der Waals surface area (Å²) in [6.07, 6.45) is 0. The van der Waals surface area contributed by atoms with E-state index in [-0.39, 0.29) is 5.97 Å². The molecule has 32 valence electrons. The predicted molar refractivity (Wildman–Crippen MR) is 17.6 cm³/mol. The van der Waals surface area contributed by atoms with E-state index in [0.29, 0.717) is 0 Å². The zero-order valence-corrected chi connectivity index (χ0v) is 9.66. The molecule has 0 aromatic heterocycles. The van der Waals surface area contributed by atoms with Crippen LogP contribution in [-0.4, -0.2) is 5.97 Å². The molecule has 0 aromatic carbocycles. The van der Waals surface area contributed by atoms with Crippen molar-refractivity contribution in [2.45, 2.75) is 6.92 Å². The fourth-order valence-electron chi connectivity index (χ4n) is 0.0768. The summed E-state index contributed by atoms with van der Waals surface area (Å²) < 4.78 is 4.39. The third-order valence-electron chi connectivity index (χ3n) is 0.258. The van der Waals surface area contributed by atoms with Crippen molar-refractivity contribution < 1.29 is 31.2 Å². The van der Waals surface area contributed by atoms with Gasteiger partial charge in [-0.1, -0.05) is 0 Å². The van der Waals surface area contributed by atoms with Gasteiger partial charge in [0.25, 0.3) is 0 Å². The molecule has 2 nitrogen and oxygen atoms in total. The van der Waals surface area contributed by atoms with Crippen molar-refractivity contribution in [3.63, 3.8) is 0 Å². The molecule has 0 heterocycles. The van der Waals surface area contributed by atoms with Crippen LogP contribution in [0.4, 0.5) is 0 Å². The van der Waals surface area contributed by atoms with Gasteiger partial charge in [-0.25, -0.2) is 0 Å². The molecule has 0 bridgehead atoms. The van der Waals surface area contributed by atoms with Crippen molar-refractivity contribution in [2.75, 3.05) is 0 Å². The summed E-state index contributed by atoms with van der Waals surface area (Å²) in [6, 6.07) is 0. The molecule has 0 aliphatic rings. The summed E-state index contributed by atoms with van der Waals surface area (Å²) in [5.41, 5.74) is 0. The van der Waals surface area contributed by atoms with Crippen LogP contribution in [0.2, 0.25) is 0 Å². The molecule has 0 rings (SSSR count). The van der Waals surface area contributed by atoms with Crippen LogP contribution in [0.1, 0.15) is 6.92 Å². The summed E-state index contributed by atoms with van der Waals surface area (Å²) in [7, 11) is 5.18. The summed E-state index contributed by atoms with van der Waals surface area (Å²) in [6.45, 7) is 1.36. The molecule has 0 amide bonds. The molecule has 0 fully saturated rings. The molecular weight excluding hydrogens is 292 g/mol. The molecule has 0 saturated carbocycles. The summed E-state index contributed by atoms with van der Waals surface area (Å²) in [4.78, 5) is 9.79. The average molecular weight is 295 g/mol. The van der Waals surface area contributed by atoms with E-state index in [1.165, 1.54) is 6.92 Å². The predicted octanol–water partition coefficient (Wildman–Crippen LogP) is 0.701. The minimum atomic E-state index is -1.59. The monoisotopic (exact) mass is 296 g/mol. The van der Waals surface area contributed by atoms with E-state index in [1.807, 2.05) is 0 Å². The Labute approximate surface area is 52.4 Å². The van der Waals surface area contributed by atoms with E-state index in [4.69, 9.17) is 8.25 Å². The standard InChI is InChI=1S/C2H4O2.ClH.Hg/c1-2(3)4;;/h1H3,(H,3,4);1H;/q;;+2/p-2. The number of halogens is 1. The van der Waals surface area contributed by atoms with Gasteiger partial charge >= 0.3 is 52.4 Å². The van der Waals surface area contributed by atoms with Gasteiger partial charge in [0.05, 0.1) is 0 Å². The van der Waals surface area contributed by atoms with Crippen molar-refractivity contribution in [3.05, 3.63) is 0 Å². The van der Waals surface area contributed by atoms with E-state index >= 15 is 0 Å². The molecule has 6 heavy (non-hydrogen) atoms. The molecule has 0 N–H and O–H groups in total. The van der Waals surface area contributed by atoms with Crippen molar-refractivity contribution >= 4 is 14.2 Å². The molecule has 0 aliphatic carbocycles. The summed E-state index contributed by atoms with van der Waals surface area (Å²) in [5.74, 6) is -0.244. The summed E-state index contributed by atoms with van der Waals surface area (Å²) in [5, 5.41) is 0. The second kappa shape index (κ2) is 3.87. The van der Waals surface area contributed by atoms with Gasteiger partial charge in [0.1, 0.15) is 0 Å². The minimum absolute atomic E-state index is 0.244. The van der Waals surface area contributed by atoms with E-state index in [9.17, 15) is 4.79 Å². The van der Waals surface area contributed by atoms with Crippen LogP contribution < -0.4 is 0 Å². The molecule has 0 radical (unpaired) electrons. The first-order valence-electron chi connectivity index (χ1n) is 1.46. The van der Waals surface area contributed by atoms with Gasteiger partial charge in [-0.15, -0.1) is 0 Å². The second-order valence-corrected chi connectivity index (χ2v) is 4.63. The first kappa shape index (κ1) is 6.70. The third kappa shape index (κ3) is 4.70. The molecular formula is C2H3ClHgO2. The quantitative estimate of drug-likeness (QED) is 0.666. The van der Waals surface area contributed by atoms with Crippen LogP contribution >= 0.6 is 8.25 Å². The SMILES string of the molecule is CC(=O)[O][Hg][Cl]. The Morgan fingerprint density at radius 1 is 2.00 bits per heavy atom. The van der Waals surface area contributed by atoms with Crippen molar-refractivity contribution in [3.8, 4) is 0 Å². The number of carbonyl (C=O) groups is 1. The normalized spacial score (nSPS) is 6.33. The zero-order valence-electron chi connectivity index (χ0n) is 3.40. The Kier molecular flexibility index (Phi) is 4.32. The molecule has 0 unspecified atom stereocenters. The number of rotatable bonds is 1. The van der Waals surface area contributed by atoms with Crippen molar-refractivity contribution in [1.82, 2.24) is 0 Å². The number of hydrogen-bond acceptors (Lipinski definition) is 2. The Morgan fingerprint density at radius 2 is 2.50 bits per heavy atom. The first-order valence-corrected chi connectivity index (χ1v) is 10.5. The van der Waals surface area contributed by atoms with Crippen LogP contribution in [0.3, 0.4) is 0 Å². The van der Waals surface area contributed by atoms with Gasteiger partial charge < -0.3 is 0 Å². The molecule has 0 atom stereocenters. The van der Waals surface area contributed by atoms with Crippen LogP contribution in [0.25, 0.3) is 0 Å². The third-order valence-corrected chi connectivity index (χ3v) is 3.22. The van der Waals surface area contributed by atoms with Gasteiger partial charge in [-0.3, -0.25) is 0 Å². The Balaban J connectivity index is 2.83. The van der Waals surface area contributed by atoms with Crippen molar-refractivity contribution in [2.24, 2.45) is 0 Å². The van der Waals surface area contributed by atoms with Crippen molar-refractivity contribution in [1.29, 1.82) is 0 Å². The number of hydrogen-bond donors (Lipinski definition) is 0. The topological polar surface area (TPSA) is 26.3 Å². The van der Waals surface area contributed by atoms with Gasteiger partial charge in [-0.05, 0) is 0 Å². The molecule has 0 aromatic rings. The Hall–Kier alpha value is 0.695. The van der Waals surface area contributed by atoms with E-state index in [0.717, 1.165) is 0 Å². The van der Waals surface area contributed by atoms with E-state index in [1.54, 1.807) is 0 Å². The maximum atomic E-state index is 9.79. The van der Waals surface area contributed by atoms with Crippen LogP contribution in [0, 0.1) is 0 Å². The fraction of sp³-hybridized carbons (Fsp3) is 0.500. The average Bonchev–Trinajstić information content (AvgIpc) is 1.35. The first-order chi connectivity index (χ1) is 2.77. The molecule has 0 spiro atoms. The van der Waals surface area contributed by atoms with Gasteiger partial charge in [0.15, 0.2) is 0 Å². The Morgan fingerprint density at radius 3 is 2.50 bits per heavy atom. The van der Waals surface area contributed by atoms with E-state index in [2.05, 4.69) is 2.64 Å². The molecule has 0 aliphatic heterocycles. The van der Waals surface area contributed by atoms with Crippen LogP contribution in [-0.2, 0) is 31.2 Å². The fourth-order valence-corrected chi connectivity index (χ4v) is 2.02. The summed E-state index contributed by atoms with van der Waals surface area (Å²) >= 11 is -1.59. The zero-order chi connectivity index (χ0) is 4.99. The second-order valence-electron chi connectivity index (χ2n) is 0.745. The van der Waals surface area contributed by atoms with Gasteiger partial charge in [0, 0.05) is 0 Å². The number of carbonyl (C=O) groups excluding carboxylic acids is 1.